The monoisotopic (exact) mass is 368 g/mol. The summed E-state index contributed by atoms with van der Waals surface area (Å²) >= 11 is 0. The quantitative estimate of drug-likeness (QED) is 0.579. The maximum Gasteiger partial charge on any atom is 0.293 e. The van der Waals surface area contributed by atoms with Crippen molar-refractivity contribution in [1.82, 2.24) is 10.2 Å². The maximum atomic E-state index is 12.5. The minimum absolute atomic E-state index is 0.111. The van der Waals surface area contributed by atoms with Gasteiger partial charge in [0, 0.05) is 31.8 Å². The van der Waals surface area contributed by atoms with Crippen molar-refractivity contribution in [2.75, 3.05) is 25.5 Å². The van der Waals surface area contributed by atoms with Crippen molar-refractivity contribution >= 4 is 17.3 Å². The number of amides is 1. The van der Waals surface area contributed by atoms with E-state index in [1.165, 1.54) is 24.5 Å². The number of carbonyl (C=O) groups is 1. The highest BCUT2D eigenvalue weighted by atomic mass is 16.6. The topological polar surface area (TPSA) is 87.5 Å². The van der Waals surface area contributed by atoms with E-state index in [0.717, 1.165) is 25.2 Å². The number of nitro groups is 1. The molecule has 0 radical (unpaired) electrons. The summed E-state index contributed by atoms with van der Waals surface area (Å²) < 4.78 is 0. The lowest BCUT2D eigenvalue weighted by molar-refractivity contribution is -0.384. The first-order valence-corrected chi connectivity index (χ1v) is 9.12. The molecule has 1 heterocycles. The highest BCUT2D eigenvalue weighted by molar-refractivity contribution is 5.95. The molecule has 0 bridgehead atoms. The second kappa shape index (κ2) is 8.64. The fourth-order valence-corrected chi connectivity index (χ4v) is 3.38. The van der Waals surface area contributed by atoms with Gasteiger partial charge in [-0.15, -0.1) is 0 Å². The maximum absolute atomic E-state index is 12.5. The van der Waals surface area contributed by atoms with Crippen LogP contribution in [0.25, 0.3) is 0 Å². The van der Waals surface area contributed by atoms with Crippen LogP contribution in [0, 0.1) is 10.1 Å². The summed E-state index contributed by atoms with van der Waals surface area (Å²) in [6, 6.07) is 12.5. The molecule has 2 aromatic rings. The fourth-order valence-electron chi connectivity index (χ4n) is 3.38. The Kier molecular flexibility index (Phi) is 6.03. The molecule has 2 N–H and O–H groups in total. The molecule has 7 heteroatoms. The van der Waals surface area contributed by atoms with Gasteiger partial charge in [-0.05, 0) is 49.2 Å². The third kappa shape index (κ3) is 4.62. The Morgan fingerprint density at radius 1 is 1.15 bits per heavy atom. The number of rotatable bonds is 7. The third-order valence-electron chi connectivity index (χ3n) is 4.88. The number of nitro benzene ring substituents is 1. The van der Waals surface area contributed by atoms with Crippen LogP contribution < -0.4 is 10.6 Å². The van der Waals surface area contributed by atoms with Crippen LogP contribution in [0.3, 0.4) is 0 Å². The summed E-state index contributed by atoms with van der Waals surface area (Å²) in [5.74, 6) is -0.322. The molecule has 0 unspecified atom stereocenters. The van der Waals surface area contributed by atoms with Crippen molar-refractivity contribution in [3.63, 3.8) is 0 Å². The SMILES string of the molecule is CNc1ccc(C(=O)NCc2ccccc2CN2CCCC2)cc1[N+](=O)[O-]. The lowest BCUT2D eigenvalue weighted by Crippen LogP contribution is -2.25. The Morgan fingerprint density at radius 3 is 2.52 bits per heavy atom. The molecule has 0 saturated carbocycles. The summed E-state index contributed by atoms with van der Waals surface area (Å²) in [6.07, 6.45) is 2.47. The molecule has 1 saturated heterocycles. The van der Waals surface area contributed by atoms with E-state index >= 15 is 0 Å². The zero-order valence-electron chi connectivity index (χ0n) is 15.4. The molecule has 27 heavy (non-hydrogen) atoms. The number of nitrogens with zero attached hydrogens (tertiary/aromatic N) is 2. The van der Waals surface area contributed by atoms with Gasteiger partial charge in [0.2, 0.25) is 0 Å². The molecular formula is C20H24N4O3. The molecule has 1 amide bonds. The molecule has 0 atom stereocenters. The Balaban J connectivity index is 1.69. The van der Waals surface area contributed by atoms with Crippen molar-refractivity contribution in [3.05, 3.63) is 69.3 Å². The molecule has 1 fully saturated rings. The number of hydrogen-bond acceptors (Lipinski definition) is 5. The Labute approximate surface area is 158 Å². The van der Waals surface area contributed by atoms with Crippen molar-refractivity contribution in [2.24, 2.45) is 0 Å². The van der Waals surface area contributed by atoms with Crippen molar-refractivity contribution in [3.8, 4) is 0 Å². The number of hydrogen-bond donors (Lipinski definition) is 2. The predicted octanol–water partition coefficient (Wildman–Crippen LogP) is 3.16. The van der Waals surface area contributed by atoms with E-state index < -0.39 is 4.92 Å². The Hall–Kier alpha value is -2.93. The lowest BCUT2D eigenvalue weighted by atomic mass is 10.1. The van der Waals surface area contributed by atoms with Crippen molar-refractivity contribution in [2.45, 2.75) is 25.9 Å². The van der Waals surface area contributed by atoms with Crippen molar-refractivity contribution < 1.29 is 9.72 Å². The number of likely N-dealkylation sites (tertiary alicyclic amines) is 1. The van der Waals surface area contributed by atoms with Crippen LogP contribution >= 0.6 is 0 Å². The molecule has 2 aromatic carbocycles. The highest BCUT2D eigenvalue weighted by Gasteiger charge is 2.17. The number of nitrogens with one attached hydrogen (secondary N) is 2. The van der Waals surface area contributed by atoms with Gasteiger partial charge in [-0.25, -0.2) is 0 Å². The number of benzene rings is 2. The molecule has 0 spiro atoms. The Bertz CT molecular complexity index is 832. The van der Waals surface area contributed by atoms with Crippen LogP contribution in [0.1, 0.15) is 34.3 Å². The zero-order valence-corrected chi connectivity index (χ0v) is 15.4. The van der Waals surface area contributed by atoms with Crippen LogP contribution in [0.4, 0.5) is 11.4 Å². The van der Waals surface area contributed by atoms with E-state index in [1.807, 2.05) is 18.2 Å². The third-order valence-corrected chi connectivity index (χ3v) is 4.88. The van der Waals surface area contributed by atoms with Gasteiger partial charge >= 0.3 is 0 Å². The van der Waals surface area contributed by atoms with Crippen LogP contribution in [0.15, 0.2) is 42.5 Å². The van der Waals surface area contributed by atoms with Crippen LogP contribution in [0.2, 0.25) is 0 Å². The van der Waals surface area contributed by atoms with Crippen LogP contribution in [-0.2, 0) is 13.1 Å². The van der Waals surface area contributed by atoms with E-state index in [4.69, 9.17) is 0 Å². The number of anilines is 1. The van der Waals surface area contributed by atoms with Gasteiger partial charge in [-0.3, -0.25) is 19.8 Å². The van der Waals surface area contributed by atoms with Crippen molar-refractivity contribution in [1.29, 1.82) is 0 Å². The molecule has 142 valence electrons. The normalized spacial score (nSPS) is 14.1. The first kappa shape index (κ1) is 18.8. The number of carbonyl (C=O) groups excluding carboxylic acids is 1. The van der Waals surface area contributed by atoms with Gasteiger partial charge in [0.25, 0.3) is 11.6 Å². The van der Waals surface area contributed by atoms with E-state index in [0.29, 0.717) is 12.2 Å². The van der Waals surface area contributed by atoms with Gasteiger partial charge in [-0.1, -0.05) is 24.3 Å². The minimum Gasteiger partial charge on any atom is -0.383 e. The van der Waals surface area contributed by atoms with Gasteiger partial charge in [0.15, 0.2) is 0 Å². The molecule has 3 rings (SSSR count). The molecule has 1 aliphatic rings. The van der Waals surface area contributed by atoms with E-state index in [1.54, 1.807) is 19.2 Å². The summed E-state index contributed by atoms with van der Waals surface area (Å²) in [6.45, 7) is 3.50. The van der Waals surface area contributed by atoms with Gasteiger partial charge in [0.05, 0.1) is 4.92 Å². The fraction of sp³-hybridized carbons (Fsp3) is 0.350. The zero-order chi connectivity index (χ0) is 19.2. The van der Waals surface area contributed by atoms with Crippen LogP contribution in [-0.4, -0.2) is 35.9 Å². The first-order valence-electron chi connectivity index (χ1n) is 9.12. The summed E-state index contributed by atoms with van der Waals surface area (Å²) in [4.78, 5) is 25.6. The smallest absolute Gasteiger partial charge is 0.293 e. The lowest BCUT2D eigenvalue weighted by Gasteiger charge is -2.17. The van der Waals surface area contributed by atoms with Crippen LogP contribution in [0.5, 0.6) is 0 Å². The largest absolute Gasteiger partial charge is 0.383 e. The molecule has 0 aromatic heterocycles. The average Bonchev–Trinajstić information content (AvgIpc) is 3.19. The van der Waals surface area contributed by atoms with Gasteiger partial charge in [0.1, 0.15) is 5.69 Å². The molecule has 1 aliphatic heterocycles. The highest BCUT2D eigenvalue weighted by Crippen LogP contribution is 2.25. The molecule has 7 nitrogen and oxygen atoms in total. The minimum atomic E-state index is -0.492. The van der Waals surface area contributed by atoms with E-state index in [9.17, 15) is 14.9 Å². The second-order valence-corrected chi connectivity index (χ2v) is 6.67. The molecular weight excluding hydrogens is 344 g/mol. The van der Waals surface area contributed by atoms with Gasteiger partial charge in [-0.2, -0.15) is 0 Å². The first-order chi connectivity index (χ1) is 13.1. The standard InChI is InChI=1S/C20H24N4O3/c1-21-18-9-8-15(12-19(18)24(26)27)20(25)22-13-16-6-2-3-7-17(16)14-23-10-4-5-11-23/h2-3,6-9,12,21H,4-5,10-11,13-14H2,1H3,(H,22,25). The summed E-state index contributed by atoms with van der Waals surface area (Å²) in [5, 5.41) is 16.8. The van der Waals surface area contributed by atoms with E-state index in [2.05, 4.69) is 21.6 Å². The van der Waals surface area contributed by atoms with Gasteiger partial charge < -0.3 is 10.6 Å². The summed E-state index contributed by atoms with van der Waals surface area (Å²) in [7, 11) is 1.61. The average molecular weight is 368 g/mol. The molecule has 0 aliphatic carbocycles. The predicted molar refractivity (Wildman–Crippen MR) is 105 cm³/mol. The Morgan fingerprint density at radius 2 is 1.85 bits per heavy atom. The van der Waals surface area contributed by atoms with E-state index in [-0.39, 0.29) is 17.2 Å². The second-order valence-electron chi connectivity index (χ2n) is 6.67. The summed E-state index contributed by atoms with van der Waals surface area (Å²) in [5.41, 5.74) is 2.82.